The van der Waals surface area contributed by atoms with Gasteiger partial charge in [0.25, 0.3) is 0 Å². The Bertz CT molecular complexity index is 840. The first-order valence-electron chi connectivity index (χ1n) is 9.07. The van der Waals surface area contributed by atoms with Crippen molar-refractivity contribution >= 4 is 23.2 Å². The van der Waals surface area contributed by atoms with Gasteiger partial charge in [-0.05, 0) is 34.9 Å². The van der Waals surface area contributed by atoms with Gasteiger partial charge in [-0.3, -0.25) is 4.79 Å². The zero-order valence-corrected chi connectivity index (χ0v) is 17.2. The molecule has 0 unspecified atom stereocenters. The molecule has 1 N–H and O–H groups in total. The molecule has 1 amide bonds. The highest BCUT2D eigenvalue weighted by molar-refractivity contribution is 6.32. The minimum atomic E-state index is -0.0314. The number of nitrogens with one attached hydrogen (secondary N) is 1. The van der Waals surface area contributed by atoms with Gasteiger partial charge >= 0.3 is 0 Å². The maximum absolute atomic E-state index is 12.7. The number of amides is 1. The van der Waals surface area contributed by atoms with Crippen LogP contribution in [0.5, 0.6) is 11.5 Å². The van der Waals surface area contributed by atoms with Crippen LogP contribution in [0.2, 0.25) is 5.02 Å². The standard InChI is InChI=1S/C22H26ClNO3/c1-22(2,3)14-8-6-13(7-9-14)15-10-16(15)21(25)24-18-11-17(23)19(26-4)12-20(18)27-5/h6-9,11-12,15-16H,10H2,1-5H3,(H,24,25)/t15-,16+/m0/s1. The predicted molar refractivity (Wildman–Crippen MR) is 109 cm³/mol. The van der Waals surface area contributed by atoms with Gasteiger partial charge < -0.3 is 14.8 Å². The Labute approximate surface area is 165 Å². The molecule has 5 heteroatoms. The lowest BCUT2D eigenvalue weighted by Crippen LogP contribution is -2.15. The molecule has 2 aromatic rings. The third-order valence-corrected chi connectivity index (χ3v) is 5.36. The first-order chi connectivity index (χ1) is 12.7. The maximum Gasteiger partial charge on any atom is 0.228 e. The van der Waals surface area contributed by atoms with Gasteiger partial charge in [-0.2, -0.15) is 0 Å². The molecule has 1 aliphatic rings. The lowest BCUT2D eigenvalue weighted by atomic mass is 9.86. The number of anilines is 1. The molecule has 0 radical (unpaired) electrons. The molecular formula is C22H26ClNO3. The fourth-order valence-electron chi connectivity index (χ4n) is 3.27. The van der Waals surface area contributed by atoms with E-state index in [1.165, 1.54) is 11.1 Å². The predicted octanol–water partition coefficient (Wildman–Crippen LogP) is 5.40. The van der Waals surface area contributed by atoms with Crippen LogP contribution >= 0.6 is 11.6 Å². The van der Waals surface area contributed by atoms with Crippen LogP contribution in [-0.2, 0) is 10.2 Å². The normalized spacial score (nSPS) is 18.7. The molecule has 144 valence electrons. The summed E-state index contributed by atoms with van der Waals surface area (Å²) in [6, 6.07) is 11.9. The van der Waals surface area contributed by atoms with E-state index < -0.39 is 0 Å². The average Bonchev–Trinajstić information content (AvgIpc) is 3.42. The van der Waals surface area contributed by atoms with Crippen molar-refractivity contribution < 1.29 is 14.3 Å². The van der Waals surface area contributed by atoms with Crippen molar-refractivity contribution in [2.24, 2.45) is 5.92 Å². The van der Waals surface area contributed by atoms with Crippen molar-refractivity contribution in [1.29, 1.82) is 0 Å². The van der Waals surface area contributed by atoms with Crippen molar-refractivity contribution in [3.8, 4) is 11.5 Å². The minimum absolute atomic E-state index is 0.0144. The van der Waals surface area contributed by atoms with E-state index in [4.69, 9.17) is 21.1 Å². The molecule has 2 atom stereocenters. The zero-order valence-electron chi connectivity index (χ0n) is 16.4. The highest BCUT2D eigenvalue weighted by Crippen LogP contribution is 2.48. The van der Waals surface area contributed by atoms with Crippen LogP contribution in [0.25, 0.3) is 0 Å². The molecule has 0 aromatic heterocycles. The molecule has 0 heterocycles. The van der Waals surface area contributed by atoms with E-state index >= 15 is 0 Å². The summed E-state index contributed by atoms with van der Waals surface area (Å²) >= 11 is 6.18. The van der Waals surface area contributed by atoms with Gasteiger partial charge in [-0.15, -0.1) is 0 Å². The number of carbonyl (C=O) groups excluding carboxylic acids is 1. The second-order valence-electron chi connectivity index (χ2n) is 8.00. The monoisotopic (exact) mass is 387 g/mol. The second-order valence-corrected chi connectivity index (χ2v) is 8.40. The Kier molecular flexibility index (Phi) is 5.38. The third-order valence-electron chi connectivity index (χ3n) is 5.06. The second kappa shape index (κ2) is 7.43. The molecule has 4 nitrogen and oxygen atoms in total. The van der Waals surface area contributed by atoms with E-state index in [1.54, 1.807) is 26.4 Å². The van der Waals surface area contributed by atoms with Crippen LogP contribution in [0.1, 0.15) is 44.2 Å². The Balaban J connectivity index is 1.70. The number of ether oxygens (including phenoxy) is 2. The summed E-state index contributed by atoms with van der Waals surface area (Å²) in [4.78, 5) is 12.7. The highest BCUT2D eigenvalue weighted by atomic mass is 35.5. The summed E-state index contributed by atoms with van der Waals surface area (Å²) in [5.74, 6) is 1.25. The number of benzene rings is 2. The molecule has 27 heavy (non-hydrogen) atoms. The first kappa shape index (κ1) is 19.6. The fourth-order valence-corrected chi connectivity index (χ4v) is 3.51. The van der Waals surface area contributed by atoms with E-state index in [-0.39, 0.29) is 23.2 Å². The summed E-state index contributed by atoms with van der Waals surface area (Å²) in [6.45, 7) is 6.59. The SMILES string of the molecule is COc1cc(OC)c(NC(=O)[C@@H]2C[C@H]2c2ccc(C(C)(C)C)cc2)cc1Cl. The van der Waals surface area contributed by atoms with Gasteiger partial charge in [0, 0.05) is 12.0 Å². The molecule has 2 aromatic carbocycles. The summed E-state index contributed by atoms with van der Waals surface area (Å²) in [7, 11) is 3.09. The number of halogens is 1. The van der Waals surface area contributed by atoms with Crippen LogP contribution in [0.3, 0.4) is 0 Å². The van der Waals surface area contributed by atoms with Crippen molar-refractivity contribution in [1.82, 2.24) is 0 Å². The van der Waals surface area contributed by atoms with Crippen LogP contribution in [-0.4, -0.2) is 20.1 Å². The average molecular weight is 388 g/mol. The van der Waals surface area contributed by atoms with Gasteiger partial charge in [-0.25, -0.2) is 0 Å². The molecule has 3 rings (SSSR count). The van der Waals surface area contributed by atoms with Gasteiger partial charge in [0.2, 0.25) is 5.91 Å². The van der Waals surface area contributed by atoms with E-state index in [0.717, 1.165) is 6.42 Å². The molecule has 1 aliphatic carbocycles. The Hall–Kier alpha value is -2.20. The molecule has 0 saturated heterocycles. The van der Waals surface area contributed by atoms with Gasteiger partial charge in [0.05, 0.1) is 24.9 Å². The summed E-state index contributed by atoms with van der Waals surface area (Å²) in [5, 5.41) is 3.38. The Morgan fingerprint density at radius 1 is 1.07 bits per heavy atom. The third kappa shape index (κ3) is 4.22. The zero-order chi connectivity index (χ0) is 19.8. The number of hydrogen-bond acceptors (Lipinski definition) is 3. The fraction of sp³-hybridized carbons (Fsp3) is 0.409. The Morgan fingerprint density at radius 2 is 1.70 bits per heavy atom. The van der Waals surface area contributed by atoms with E-state index in [9.17, 15) is 4.79 Å². The number of hydrogen-bond donors (Lipinski definition) is 1. The Morgan fingerprint density at radius 3 is 2.26 bits per heavy atom. The van der Waals surface area contributed by atoms with Gasteiger partial charge in [0.1, 0.15) is 11.5 Å². The van der Waals surface area contributed by atoms with Crippen molar-refractivity contribution in [3.63, 3.8) is 0 Å². The summed E-state index contributed by atoms with van der Waals surface area (Å²) in [6.07, 6.45) is 0.854. The molecule has 1 saturated carbocycles. The van der Waals surface area contributed by atoms with Crippen LogP contribution in [0, 0.1) is 5.92 Å². The van der Waals surface area contributed by atoms with Gasteiger partial charge in [-0.1, -0.05) is 56.6 Å². The van der Waals surface area contributed by atoms with Crippen molar-refractivity contribution in [2.75, 3.05) is 19.5 Å². The van der Waals surface area contributed by atoms with Crippen molar-refractivity contribution in [2.45, 2.75) is 38.5 Å². The number of methoxy groups -OCH3 is 2. The van der Waals surface area contributed by atoms with E-state index in [1.807, 2.05) is 0 Å². The first-order valence-corrected chi connectivity index (χ1v) is 9.45. The van der Waals surface area contributed by atoms with Crippen molar-refractivity contribution in [3.05, 3.63) is 52.5 Å². The molecule has 0 spiro atoms. The van der Waals surface area contributed by atoms with E-state index in [0.29, 0.717) is 22.2 Å². The highest BCUT2D eigenvalue weighted by Gasteiger charge is 2.44. The number of rotatable bonds is 5. The topological polar surface area (TPSA) is 47.6 Å². The lowest BCUT2D eigenvalue weighted by Gasteiger charge is -2.19. The smallest absolute Gasteiger partial charge is 0.228 e. The largest absolute Gasteiger partial charge is 0.495 e. The van der Waals surface area contributed by atoms with Crippen LogP contribution in [0.4, 0.5) is 5.69 Å². The molecule has 0 aliphatic heterocycles. The van der Waals surface area contributed by atoms with Crippen LogP contribution < -0.4 is 14.8 Å². The summed E-state index contributed by atoms with van der Waals surface area (Å²) in [5.41, 5.74) is 3.19. The van der Waals surface area contributed by atoms with E-state index in [2.05, 4.69) is 50.4 Å². The number of carbonyl (C=O) groups is 1. The lowest BCUT2D eigenvalue weighted by molar-refractivity contribution is -0.117. The van der Waals surface area contributed by atoms with Gasteiger partial charge in [0.15, 0.2) is 0 Å². The summed E-state index contributed by atoms with van der Waals surface area (Å²) < 4.78 is 10.5. The maximum atomic E-state index is 12.7. The molecular weight excluding hydrogens is 362 g/mol. The molecule has 0 bridgehead atoms. The molecule has 1 fully saturated rings. The minimum Gasteiger partial charge on any atom is -0.495 e. The quantitative estimate of drug-likeness (QED) is 0.747. The van der Waals surface area contributed by atoms with Crippen LogP contribution in [0.15, 0.2) is 36.4 Å².